The lowest BCUT2D eigenvalue weighted by Gasteiger charge is -2.24. The second-order valence-electron chi connectivity index (χ2n) is 9.37. The van der Waals surface area contributed by atoms with Crippen molar-refractivity contribution >= 4 is 41.0 Å². The number of aromatic nitrogens is 2. The zero-order valence-corrected chi connectivity index (χ0v) is 22.8. The molecule has 0 saturated heterocycles. The predicted octanol–water partition coefficient (Wildman–Crippen LogP) is 6.16. The molecule has 1 atom stereocenters. The minimum atomic E-state index is -0.735. The molecule has 1 N–H and O–H groups in total. The molecule has 4 aromatic rings. The number of benzene rings is 3. The number of thioether (sulfide) groups is 1. The molecule has 1 aromatic heterocycles. The van der Waals surface area contributed by atoms with Crippen molar-refractivity contribution in [2.24, 2.45) is 0 Å². The molecule has 200 valence electrons. The molecule has 0 unspecified atom stereocenters. The van der Waals surface area contributed by atoms with Crippen LogP contribution in [0.25, 0.3) is 16.9 Å². The lowest BCUT2D eigenvalue weighted by atomic mass is 9.99. The first-order valence-electron chi connectivity index (χ1n) is 12.3. The maximum absolute atomic E-state index is 15.3. The van der Waals surface area contributed by atoms with Gasteiger partial charge >= 0.3 is 0 Å². The molecule has 10 heteroatoms. The number of carbonyl (C=O) groups excluding carboxylic acids is 2. The van der Waals surface area contributed by atoms with Crippen LogP contribution in [0.5, 0.6) is 0 Å². The van der Waals surface area contributed by atoms with Crippen LogP contribution < -0.4 is 10.2 Å². The minimum Gasteiger partial charge on any atom is -0.352 e. The molecule has 0 fully saturated rings. The standard InChI is InChI=1S/C29H25ClF2N4O2S/c1-17(2)33-24(37)15-35-25(38)16-39-28(20-13-12-19(31)14-22(20)32)26-27(18-8-4-3-5-9-18)34-36(29(26)35)23-11-7-6-10-21(23)30/h3-14,17,28H,15-16H2,1-2H3,(H,33,37)/t28-/m1/s1. The lowest BCUT2D eigenvalue weighted by Crippen LogP contribution is -2.44. The summed E-state index contributed by atoms with van der Waals surface area (Å²) < 4.78 is 30.7. The van der Waals surface area contributed by atoms with Gasteiger partial charge in [0.25, 0.3) is 0 Å². The highest BCUT2D eigenvalue weighted by Gasteiger charge is 2.38. The number of nitrogens with zero attached hydrogens (tertiary/aromatic N) is 3. The second kappa shape index (κ2) is 11.2. The molecule has 6 nitrogen and oxygen atoms in total. The number of hydrogen-bond donors (Lipinski definition) is 1. The summed E-state index contributed by atoms with van der Waals surface area (Å²) in [6, 6.07) is 19.6. The molecule has 2 heterocycles. The Balaban J connectivity index is 1.83. The number of rotatable bonds is 6. The van der Waals surface area contributed by atoms with E-state index in [9.17, 15) is 14.0 Å². The van der Waals surface area contributed by atoms with Crippen LogP contribution in [0.2, 0.25) is 5.02 Å². The Morgan fingerprint density at radius 1 is 1.10 bits per heavy atom. The van der Waals surface area contributed by atoms with E-state index in [0.29, 0.717) is 27.8 Å². The summed E-state index contributed by atoms with van der Waals surface area (Å²) in [5, 5.41) is 7.39. The summed E-state index contributed by atoms with van der Waals surface area (Å²) in [7, 11) is 0. The molecular formula is C29H25ClF2N4O2S. The number of halogens is 3. The van der Waals surface area contributed by atoms with Gasteiger partial charge in [0.15, 0.2) is 0 Å². The van der Waals surface area contributed by atoms with Crippen LogP contribution in [-0.4, -0.2) is 39.9 Å². The average molecular weight is 567 g/mol. The molecule has 1 aliphatic rings. The maximum Gasteiger partial charge on any atom is 0.240 e. The molecule has 0 spiro atoms. The molecule has 1 aliphatic heterocycles. The Bertz CT molecular complexity index is 1540. The van der Waals surface area contributed by atoms with E-state index in [-0.39, 0.29) is 35.7 Å². The fourth-order valence-corrected chi connectivity index (χ4v) is 6.03. The van der Waals surface area contributed by atoms with Gasteiger partial charge in [0.1, 0.15) is 24.0 Å². The van der Waals surface area contributed by atoms with Crippen molar-refractivity contribution < 1.29 is 18.4 Å². The van der Waals surface area contributed by atoms with Gasteiger partial charge in [0.2, 0.25) is 11.8 Å². The predicted molar refractivity (Wildman–Crippen MR) is 150 cm³/mol. The van der Waals surface area contributed by atoms with Crippen LogP contribution in [0.3, 0.4) is 0 Å². The number of amides is 2. The van der Waals surface area contributed by atoms with Crippen molar-refractivity contribution in [3.05, 3.63) is 101 Å². The first-order valence-corrected chi connectivity index (χ1v) is 13.8. The summed E-state index contributed by atoms with van der Waals surface area (Å²) in [5.41, 5.74) is 2.45. The van der Waals surface area contributed by atoms with Gasteiger partial charge in [-0.05, 0) is 32.0 Å². The third kappa shape index (κ3) is 5.42. The van der Waals surface area contributed by atoms with Crippen molar-refractivity contribution in [2.45, 2.75) is 25.1 Å². The third-order valence-corrected chi connectivity index (χ3v) is 7.77. The molecular weight excluding hydrogens is 542 g/mol. The largest absolute Gasteiger partial charge is 0.352 e. The minimum absolute atomic E-state index is 0.0398. The Kier molecular flexibility index (Phi) is 7.72. The van der Waals surface area contributed by atoms with Gasteiger partial charge in [-0.3, -0.25) is 14.5 Å². The van der Waals surface area contributed by atoms with E-state index < -0.39 is 16.9 Å². The van der Waals surface area contributed by atoms with Crippen LogP contribution in [0, 0.1) is 11.6 Å². The normalized spacial score (nSPS) is 15.3. The van der Waals surface area contributed by atoms with E-state index in [4.69, 9.17) is 16.7 Å². The van der Waals surface area contributed by atoms with Crippen LogP contribution in [0.15, 0.2) is 72.8 Å². The van der Waals surface area contributed by atoms with Gasteiger partial charge in [-0.2, -0.15) is 5.10 Å². The van der Waals surface area contributed by atoms with Crippen LogP contribution in [0.1, 0.15) is 30.2 Å². The van der Waals surface area contributed by atoms with Crippen LogP contribution in [-0.2, 0) is 9.59 Å². The van der Waals surface area contributed by atoms with Gasteiger partial charge in [0, 0.05) is 28.8 Å². The Morgan fingerprint density at radius 2 is 1.82 bits per heavy atom. The van der Waals surface area contributed by atoms with Crippen molar-refractivity contribution in [1.29, 1.82) is 0 Å². The number of fused-ring (bicyclic) bond motifs is 1. The van der Waals surface area contributed by atoms with E-state index in [1.165, 1.54) is 28.8 Å². The summed E-state index contributed by atoms with van der Waals surface area (Å²) in [6.45, 7) is 3.39. The van der Waals surface area contributed by atoms with Crippen molar-refractivity contribution in [2.75, 3.05) is 17.2 Å². The molecule has 0 aliphatic carbocycles. The SMILES string of the molecule is CC(C)NC(=O)CN1C(=O)CS[C@H](c2ccc(F)cc2F)c2c(-c3ccccc3)nn(-c3ccccc3Cl)c21. The quantitative estimate of drug-likeness (QED) is 0.303. The van der Waals surface area contributed by atoms with E-state index in [2.05, 4.69) is 5.32 Å². The Labute approximate surface area is 234 Å². The Hall–Kier alpha value is -3.69. The molecule has 2 amide bonds. The summed E-state index contributed by atoms with van der Waals surface area (Å²) in [6.07, 6.45) is 0. The molecule has 0 bridgehead atoms. The van der Waals surface area contributed by atoms with Crippen LogP contribution in [0.4, 0.5) is 14.6 Å². The topological polar surface area (TPSA) is 67.2 Å². The monoisotopic (exact) mass is 566 g/mol. The van der Waals surface area contributed by atoms with E-state index in [0.717, 1.165) is 11.6 Å². The molecule has 5 rings (SSSR count). The number of anilines is 1. The average Bonchev–Trinajstić information content (AvgIpc) is 3.22. The maximum atomic E-state index is 15.3. The zero-order valence-electron chi connectivity index (χ0n) is 21.2. The van der Waals surface area contributed by atoms with E-state index in [1.54, 1.807) is 28.9 Å². The highest BCUT2D eigenvalue weighted by Crippen LogP contribution is 2.49. The molecule has 0 saturated carbocycles. The van der Waals surface area contributed by atoms with Crippen LogP contribution >= 0.6 is 23.4 Å². The van der Waals surface area contributed by atoms with Gasteiger partial charge in [0.05, 0.1) is 27.4 Å². The first kappa shape index (κ1) is 26.9. The fraction of sp³-hybridized carbons (Fsp3) is 0.207. The lowest BCUT2D eigenvalue weighted by molar-refractivity contribution is -0.123. The number of hydrogen-bond acceptors (Lipinski definition) is 4. The van der Waals surface area contributed by atoms with Gasteiger partial charge in [-0.1, -0.05) is 60.1 Å². The van der Waals surface area contributed by atoms with Crippen molar-refractivity contribution in [3.63, 3.8) is 0 Å². The van der Waals surface area contributed by atoms with Crippen molar-refractivity contribution in [1.82, 2.24) is 15.1 Å². The highest BCUT2D eigenvalue weighted by molar-refractivity contribution is 8.00. The second-order valence-corrected chi connectivity index (χ2v) is 10.9. The summed E-state index contributed by atoms with van der Waals surface area (Å²) in [4.78, 5) is 28.0. The van der Waals surface area contributed by atoms with Crippen molar-refractivity contribution in [3.8, 4) is 16.9 Å². The molecule has 39 heavy (non-hydrogen) atoms. The van der Waals surface area contributed by atoms with Gasteiger partial charge in [-0.25, -0.2) is 13.5 Å². The zero-order chi connectivity index (χ0) is 27.7. The fourth-order valence-electron chi connectivity index (χ4n) is 4.59. The summed E-state index contributed by atoms with van der Waals surface area (Å²) >= 11 is 7.80. The molecule has 3 aromatic carbocycles. The third-order valence-electron chi connectivity index (χ3n) is 6.21. The highest BCUT2D eigenvalue weighted by atomic mass is 35.5. The van der Waals surface area contributed by atoms with E-state index in [1.807, 2.05) is 44.2 Å². The number of nitrogens with one attached hydrogen (secondary N) is 1. The Morgan fingerprint density at radius 3 is 2.51 bits per heavy atom. The smallest absolute Gasteiger partial charge is 0.240 e. The first-order chi connectivity index (χ1) is 18.7. The number of para-hydroxylation sites is 1. The number of carbonyl (C=O) groups is 2. The van der Waals surface area contributed by atoms with Gasteiger partial charge < -0.3 is 5.32 Å². The summed E-state index contributed by atoms with van der Waals surface area (Å²) in [5.74, 6) is -1.87. The van der Waals surface area contributed by atoms with E-state index >= 15 is 4.39 Å². The van der Waals surface area contributed by atoms with Gasteiger partial charge in [-0.15, -0.1) is 11.8 Å². The molecule has 0 radical (unpaired) electrons.